The third-order valence-electron chi connectivity index (χ3n) is 9.59. The first-order chi connectivity index (χ1) is 28.5. The van der Waals surface area contributed by atoms with Gasteiger partial charge in [0.15, 0.2) is 0 Å². The van der Waals surface area contributed by atoms with Crippen molar-refractivity contribution >= 4 is 44.0 Å². The molecule has 0 aromatic carbocycles. The van der Waals surface area contributed by atoms with E-state index in [4.69, 9.17) is 19.7 Å². The fraction of sp³-hybridized carbons (Fsp3) is 0.959. The standard InChI is InChI=1S/C17H32N2O6Se2.C16H34.C10H22.2C3H8/c20-10-8-19(9-11-21)5-1-4-18(6-2-16(22)24-12-14-26)7-3-17(23)25-13-15-27;1-4-6-8-10-11-13-15-16(3)14-12-9-7-5-2;1-4-6-7-8-9-10(3)5-2;2*1-3-2/h20-21H,1-15H2;16H,4-15H2,1-3H3;10H,4-9H2,1-3H3;2*3H2,1-2H3. The molecule has 0 saturated heterocycles. The molecule has 0 spiro atoms. The molecule has 0 aliphatic carbocycles. The summed E-state index contributed by atoms with van der Waals surface area (Å²) >= 11 is 5.58. The van der Waals surface area contributed by atoms with Gasteiger partial charge in [-0.25, -0.2) is 0 Å². The molecule has 10 heteroatoms. The molecule has 8 nitrogen and oxygen atoms in total. The van der Waals surface area contributed by atoms with Crippen LogP contribution < -0.4 is 0 Å². The van der Waals surface area contributed by atoms with Gasteiger partial charge in [0.2, 0.25) is 0 Å². The Morgan fingerprint density at radius 1 is 0.475 bits per heavy atom. The van der Waals surface area contributed by atoms with Crippen molar-refractivity contribution in [2.45, 2.75) is 228 Å². The van der Waals surface area contributed by atoms with Crippen molar-refractivity contribution in [3.63, 3.8) is 0 Å². The zero-order valence-corrected chi connectivity index (χ0v) is 44.6. The van der Waals surface area contributed by atoms with Gasteiger partial charge in [-0.2, -0.15) is 0 Å². The Morgan fingerprint density at radius 3 is 1.14 bits per heavy atom. The summed E-state index contributed by atoms with van der Waals surface area (Å²) in [5.41, 5.74) is 0. The van der Waals surface area contributed by atoms with E-state index in [0.717, 1.165) is 24.8 Å². The van der Waals surface area contributed by atoms with E-state index in [1.165, 1.54) is 128 Å². The summed E-state index contributed by atoms with van der Waals surface area (Å²) < 4.78 is 10.1. The Hall–Kier alpha value is -0.181. The van der Waals surface area contributed by atoms with E-state index in [-0.39, 0.29) is 38.0 Å². The topological polar surface area (TPSA) is 99.5 Å². The number of unbranched alkanes of at least 4 members (excludes halogenated alkanes) is 11. The van der Waals surface area contributed by atoms with E-state index in [1.54, 1.807) is 0 Å². The van der Waals surface area contributed by atoms with Crippen LogP contribution in [0.15, 0.2) is 0 Å². The van der Waals surface area contributed by atoms with E-state index in [0.29, 0.717) is 56.6 Å². The predicted octanol–water partition coefficient (Wildman–Crippen LogP) is 12.2. The quantitative estimate of drug-likeness (QED) is 0.0364. The van der Waals surface area contributed by atoms with Gasteiger partial charge in [0.05, 0.1) is 13.2 Å². The van der Waals surface area contributed by atoms with Gasteiger partial charge in [-0.15, -0.1) is 0 Å². The fourth-order valence-electron chi connectivity index (χ4n) is 5.89. The third-order valence-corrected chi connectivity index (χ3v) is 10.3. The van der Waals surface area contributed by atoms with Crippen LogP contribution >= 0.6 is 0 Å². The molecule has 59 heavy (non-hydrogen) atoms. The summed E-state index contributed by atoms with van der Waals surface area (Å²) in [5, 5.41) is 19.5. The average molecular weight is 975 g/mol. The summed E-state index contributed by atoms with van der Waals surface area (Å²) in [6.07, 6.45) is 29.7. The second-order valence-corrected chi connectivity index (χ2v) is 17.8. The first kappa shape index (κ1) is 67.9. The van der Waals surface area contributed by atoms with Crippen LogP contribution in [0.4, 0.5) is 0 Å². The van der Waals surface area contributed by atoms with Crippen LogP contribution in [0.3, 0.4) is 0 Å². The molecule has 2 unspecified atom stereocenters. The molecule has 0 aromatic rings. The van der Waals surface area contributed by atoms with Crippen LogP contribution in [0.2, 0.25) is 10.6 Å². The molecular formula is C49H104N2O6Se2. The van der Waals surface area contributed by atoms with E-state index in [9.17, 15) is 9.59 Å². The normalized spacial score (nSPS) is 11.5. The van der Waals surface area contributed by atoms with Crippen molar-refractivity contribution in [1.29, 1.82) is 0 Å². The molecule has 0 aliphatic rings. The van der Waals surface area contributed by atoms with Crippen LogP contribution in [0, 0.1) is 11.8 Å². The average Bonchev–Trinajstić information content (AvgIpc) is 3.22. The summed E-state index contributed by atoms with van der Waals surface area (Å²) in [5.74, 6) is 1.43. The Kier molecular flexibility index (Phi) is 71.5. The van der Waals surface area contributed by atoms with E-state index in [2.05, 4.69) is 106 Å². The number of ether oxygens (including phenoxy) is 2. The van der Waals surface area contributed by atoms with Crippen LogP contribution in [0.1, 0.15) is 217 Å². The summed E-state index contributed by atoms with van der Waals surface area (Å²) in [6.45, 7) is 26.8. The fourth-order valence-corrected chi connectivity index (χ4v) is 6.24. The molecule has 0 saturated carbocycles. The number of hydrogen-bond donors (Lipinski definition) is 2. The Bertz CT molecular complexity index is 736. The van der Waals surface area contributed by atoms with Gasteiger partial charge in [0.1, 0.15) is 0 Å². The van der Waals surface area contributed by atoms with Gasteiger partial charge >= 0.3 is 155 Å². The molecule has 2 radical (unpaired) electrons. The molecule has 2 atom stereocenters. The number of hydrogen-bond acceptors (Lipinski definition) is 8. The first-order valence-electron chi connectivity index (χ1n) is 24.7. The predicted molar refractivity (Wildman–Crippen MR) is 260 cm³/mol. The Morgan fingerprint density at radius 2 is 0.797 bits per heavy atom. The summed E-state index contributed by atoms with van der Waals surface area (Å²) in [6, 6.07) is 0. The molecule has 0 amide bonds. The number of aliphatic hydroxyl groups excluding tert-OH is 2. The van der Waals surface area contributed by atoms with Gasteiger partial charge in [-0.05, 0) is 11.8 Å². The van der Waals surface area contributed by atoms with Gasteiger partial charge in [0.25, 0.3) is 0 Å². The molecule has 2 N–H and O–H groups in total. The molecule has 0 heterocycles. The third kappa shape index (κ3) is 67.1. The zero-order chi connectivity index (χ0) is 45.6. The number of carbonyl (C=O) groups is 2. The van der Waals surface area contributed by atoms with Crippen molar-refractivity contribution in [1.82, 2.24) is 9.80 Å². The van der Waals surface area contributed by atoms with Gasteiger partial charge in [-0.3, -0.25) is 0 Å². The van der Waals surface area contributed by atoms with Gasteiger partial charge < -0.3 is 10.2 Å². The van der Waals surface area contributed by atoms with Crippen LogP contribution in [-0.2, 0) is 19.1 Å². The number of esters is 2. The maximum absolute atomic E-state index is 11.7. The SMILES string of the molecule is CCC.CCC.CCCCCCC(C)CC.CCCCCCCCC(C)CCCCCC.O=C(CCN(CCCN(CCO)CCO)CCC(=O)OCC[Se])OCC[Se]. The second-order valence-electron chi connectivity index (χ2n) is 16.1. The van der Waals surface area contributed by atoms with Crippen molar-refractivity contribution in [2.75, 3.05) is 65.7 Å². The van der Waals surface area contributed by atoms with E-state index >= 15 is 0 Å². The van der Waals surface area contributed by atoms with Gasteiger partial charge in [0, 0.05) is 0 Å². The molecule has 0 aromatic heterocycles. The minimum absolute atomic E-state index is 0.0467. The molecule has 0 rings (SSSR count). The van der Waals surface area contributed by atoms with Crippen LogP contribution in [-0.4, -0.2) is 130 Å². The van der Waals surface area contributed by atoms with Gasteiger partial charge in [-0.1, -0.05) is 198 Å². The number of aliphatic hydroxyl groups is 2. The molecule has 0 bridgehead atoms. The van der Waals surface area contributed by atoms with Crippen molar-refractivity contribution in [2.24, 2.45) is 11.8 Å². The number of carbonyl (C=O) groups excluding carboxylic acids is 2. The molecule has 0 aliphatic heterocycles. The first-order valence-corrected chi connectivity index (χ1v) is 27.1. The monoisotopic (exact) mass is 977 g/mol. The Balaban J connectivity index is -0.000000255. The number of nitrogens with zero attached hydrogens (tertiary/aromatic N) is 2. The van der Waals surface area contributed by atoms with E-state index in [1.807, 2.05) is 4.90 Å². The summed E-state index contributed by atoms with van der Waals surface area (Å²) in [7, 11) is 0. The number of rotatable bonds is 36. The van der Waals surface area contributed by atoms with Crippen LogP contribution in [0.5, 0.6) is 0 Å². The Labute approximate surface area is 386 Å². The molecule has 358 valence electrons. The zero-order valence-electron chi connectivity index (χ0n) is 41.1. The van der Waals surface area contributed by atoms with Crippen molar-refractivity contribution in [3.8, 4) is 0 Å². The van der Waals surface area contributed by atoms with Crippen molar-refractivity contribution in [3.05, 3.63) is 0 Å². The maximum atomic E-state index is 11.7. The minimum atomic E-state index is -0.249. The summed E-state index contributed by atoms with van der Waals surface area (Å²) in [4.78, 5) is 27.5. The van der Waals surface area contributed by atoms with Crippen molar-refractivity contribution < 1.29 is 29.3 Å². The van der Waals surface area contributed by atoms with E-state index < -0.39 is 0 Å². The molecular weight excluding hydrogens is 870 g/mol. The molecule has 0 fully saturated rings. The van der Waals surface area contributed by atoms with Crippen LogP contribution in [0.25, 0.3) is 0 Å². The second kappa shape index (κ2) is 62.1.